The van der Waals surface area contributed by atoms with Crippen molar-refractivity contribution in [3.63, 3.8) is 0 Å². The van der Waals surface area contributed by atoms with E-state index in [1.165, 1.54) is 25.3 Å². The molecule has 0 saturated heterocycles. The second-order valence-corrected chi connectivity index (χ2v) is 5.07. The molecule has 0 N–H and O–H groups in total. The molecule has 19 heavy (non-hydrogen) atoms. The number of ether oxygens (including phenoxy) is 1. The van der Waals surface area contributed by atoms with Crippen LogP contribution >= 0.6 is 23.2 Å². The largest absolute Gasteiger partial charge is 0.462 e. The summed E-state index contributed by atoms with van der Waals surface area (Å²) < 4.78 is 5.11. The molecule has 0 heterocycles. The summed E-state index contributed by atoms with van der Waals surface area (Å²) in [6.07, 6.45) is 8.87. The van der Waals surface area contributed by atoms with Gasteiger partial charge in [0.1, 0.15) is 0 Å². The quantitative estimate of drug-likeness (QED) is 0.238. The fourth-order valence-corrected chi connectivity index (χ4v) is 2.00. The van der Waals surface area contributed by atoms with Gasteiger partial charge in [-0.2, -0.15) is 0 Å². The van der Waals surface area contributed by atoms with Crippen LogP contribution in [0.5, 0.6) is 0 Å². The molecule has 0 unspecified atom stereocenters. The summed E-state index contributed by atoms with van der Waals surface area (Å²) in [5.74, 6) is 0.714. The fourth-order valence-electron chi connectivity index (χ4n) is 1.57. The van der Waals surface area contributed by atoms with Crippen molar-refractivity contribution < 1.29 is 9.53 Å². The number of halogens is 2. The monoisotopic (exact) mass is 309 g/mol. The molecular formula is C14H25Cl2NO2. The number of hydrogen-bond acceptors (Lipinski definition) is 3. The first-order valence-electron chi connectivity index (χ1n) is 6.95. The molecule has 0 aromatic heterocycles. The molecule has 0 aromatic rings. The van der Waals surface area contributed by atoms with E-state index >= 15 is 0 Å². The Morgan fingerprint density at radius 2 is 1.74 bits per heavy atom. The highest BCUT2D eigenvalue weighted by Crippen LogP contribution is 2.02. The summed E-state index contributed by atoms with van der Waals surface area (Å²) >= 11 is 11.3. The zero-order valence-corrected chi connectivity index (χ0v) is 13.3. The van der Waals surface area contributed by atoms with Crippen LogP contribution in [-0.4, -0.2) is 42.3 Å². The van der Waals surface area contributed by atoms with E-state index in [-0.39, 0.29) is 5.97 Å². The number of carbonyl (C=O) groups excluding carboxylic acids is 1. The van der Waals surface area contributed by atoms with E-state index in [0.717, 1.165) is 12.8 Å². The number of unbranched alkanes of at least 4 members (excludes halogenated alkanes) is 4. The van der Waals surface area contributed by atoms with Crippen molar-refractivity contribution in [3.8, 4) is 0 Å². The van der Waals surface area contributed by atoms with Crippen molar-refractivity contribution in [2.24, 2.45) is 0 Å². The number of carbonyl (C=O) groups is 1. The van der Waals surface area contributed by atoms with Gasteiger partial charge in [0.05, 0.1) is 6.61 Å². The second kappa shape index (κ2) is 14.0. The normalized spacial score (nSPS) is 10.9. The van der Waals surface area contributed by atoms with E-state index < -0.39 is 0 Å². The molecule has 0 spiro atoms. The van der Waals surface area contributed by atoms with E-state index in [0.29, 0.717) is 31.5 Å². The molecule has 0 aliphatic heterocycles. The van der Waals surface area contributed by atoms with Gasteiger partial charge < -0.3 is 9.64 Å². The molecule has 0 saturated carbocycles. The summed E-state index contributed by atoms with van der Waals surface area (Å²) in [4.78, 5) is 13.3. The Labute approximate surface area is 126 Å². The van der Waals surface area contributed by atoms with Gasteiger partial charge in [0.25, 0.3) is 0 Å². The third-order valence-electron chi connectivity index (χ3n) is 2.66. The van der Waals surface area contributed by atoms with Crippen LogP contribution in [0.3, 0.4) is 0 Å². The minimum absolute atomic E-state index is 0.301. The lowest BCUT2D eigenvalue weighted by Crippen LogP contribution is -2.22. The smallest absolute Gasteiger partial charge is 0.332 e. The van der Waals surface area contributed by atoms with E-state index in [4.69, 9.17) is 27.9 Å². The van der Waals surface area contributed by atoms with Crippen molar-refractivity contribution >= 4 is 29.2 Å². The van der Waals surface area contributed by atoms with Gasteiger partial charge in [-0.05, 0) is 6.42 Å². The van der Waals surface area contributed by atoms with E-state index in [2.05, 4.69) is 6.92 Å². The minimum Gasteiger partial charge on any atom is -0.462 e. The van der Waals surface area contributed by atoms with Crippen LogP contribution < -0.4 is 0 Å². The first-order chi connectivity index (χ1) is 9.24. The maximum atomic E-state index is 11.4. The van der Waals surface area contributed by atoms with Gasteiger partial charge in [-0.1, -0.05) is 32.6 Å². The predicted molar refractivity (Wildman–Crippen MR) is 81.9 cm³/mol. The van der Waals surface area contributed by atoms with Crippen LogP contribution in [0.2, 0.25) is 0 Å². The van der Waals surface area contributed by atoms with Gasteiger partial charge in [0.15, 0.2) is 0 Å². The summed E-state index contributed by atoms with van der Waals surface area (Å²) in [6.45, 7) is 4.03. The summed E-state index contributed by atoms with van der Waals surface area (Å²) in [5, 5.41) is 0. The Balaban J connectivity index is 3.70. The summed E-state index contributed by atoms with van der Waals surface area (Å²) in [7, 11) is 0. The molecule has 0 radical (unpaired) electrons. The Kier molecular flexibility index (Phi) is 13.7. The van der Waals surface area contributed by atoms with Gasteiger partial charge >= 0.3 is 5.97 Å². The molecule has 0 atom stereocenters. The first-order valence-corrected chi connectivity index (χ1v) is 8.02. The van der Waals surface area contributed by atoms with Crippen molar-refractivity contribution in [1.82, 2.24) is 4.90 Å². The molecule has 5 heteroatoms. The summed E-state index contributed by atoms with van der Waals surface area (Å²) in [6, 6.07) is 0. The van der Waals surface area contributed by atoms with Gasteiger partial charge in [0.2, 0.25) is 0 Å². The number of nitrogens with zero attached hydrogens (tertiary/aromatic N) is 1. The number of rotatable bonds is 12. The third kappa shape index (κ3) is 12.4. The zero-order chi connectivity index (χ0) is 14.3. The van der Waals surface area contributed by atoms with Crippen LogP contribution in [0.25, 0.3) is 0 Å². The van der Waals surface area contributed by atoms with Crippen molar-refractivity contribution in [3.05, 3.63) is 12.3 Å². The third-order valence-corrected chi connectivity index (χ3v) is 3.00. The fraction of sp³-hybridized carbons (Fsp3) is 0.786. The number of alkyl halides is 2. The van der Waals surface area contributed by atoms with Crippen LogP contribution in [0, 0.1) is 0 Å². The first kappa shape index (κ1) is 18.6. The van der Waals surface area contributed by atoms with Gasteiger partial charge in [-0.3, -0.25) is 0 Å². The zero-order valence-electron chi connectivity index (χ0n) is 11.7. The molecule has 0 rings (SSSR count). The maximum Gasteiger partial charge on any atom is 0.332 e. The van der Waals surface area contributed by atoms with Gasteiger partial charge in [-0.25, -0.2) is 4.79 Å². The molecule has 0 aliphatic rings. The van der Waals surface area contributed by atoms with Crippen LogP contribution in [0.1, 0.15) is 39.0 Å². The molecule has 0 amide bonds. The Bertz CT molecular complexity index is 242. The van der Waals surface area contributed by atoms with E-state index in [1.54, 1.807) is 6.20 Å². The second-order valence-electron chi connectivity index (χ2n) is 4.31. The average Bonchev–Trinajstić information content (AvgIpc) is 2.40. The molecule has 0 bridgehead atoms. The predicted octanol–water partition coefficient (Wildman–Crippen LogP) is 3.79. The molecule has 112 valence electrons. The highest BCUT2D eigenvalue weighted by molar-refractivity contribution is 6.18. The molecule has 0 fully saturated rings. The molecule has 0 aliphatic carbocycles. The Morgan fingerprint density at radius 3 is 2.32 bits per heavy atom. The maximum absolute atomic E-state index is 11.4. The number of esters is 1. The lowest BCUT2D eigenvalue weighted by molar-refractivity contribution is -0.137. The average molecular weight is 310 g/mol. The van der Waals surface area contributed by atoms with Gasteiger partial charge in [-0.15, -0.1) is 23.2 Å². The molecule has 0 aromatic carbocycles. The van der Waals surface area contributed by atoms with Gasteiger partial charge in [0, 0.05) is 37.1 Å². The van der Waals surface area contributed by atoms with Crippen molar-refractivity contribution in [1.29, 1.82) is 0 Å². The number of hydrogen-bond donors (Lipinski definition) is 0. The van der Waals surface area contributed by atoms with Crippen LogP contribution in [0.4, 0.5) is 0 Å². The topological polar surface area (TPSA) is 29.5 Å². The SMILES string of the molecule is CCCCCCCOC(=O)C=CN(CCCl)CCCl. The molecular weight excluding hydrogens is 285 g/mol. The lowest BCUT2D eigenvalue weighted by atomic mass is 10.2. The van der Waals surface area contributed by atoms with Crippen molar-refractivity contribution in [2.45, 2.75) is 39.0 Å². The van der Waals surface area contributed by atoms with Crippen molar-refractivity contribution in [2.75, 3.05) is 31.5 Å². The highest BCUT2D eigenvalue weighted by atomic mass is 35.5. The Hall–Kier alpha value is -0.410. The van der Waals surface area contributed by atoms with Crippen LogP contribution in [-0.2, 0) is 9.53 Å². The standard InChI is InChI=1S/C14H25Cl2NO2/c1-2-3-4-5-6-13-19-14(18)7-10-17(11-8-15)12-9-16/h7,10H,2-6,8-9,11-13H2,1H3. The van der Waals surface area contributed by atoms with E-state index in [1.807, 2.05) is 4.90 Å². The lowest BCUT2D eigenvalue weighted by Gasteiger charge is -2.16. The molecule has 3 nitrogen and oxygen atoms in total. The van der Waals surface area contributed by atoms with E-state index in [9.17, 15) is 4.79 Å². The summed E-state index contributed by atoms with van der Waals surface area (Å²) in [5.41, 5.74) is 0. The Morgan fingerprint density at radius 1 is 1.11 bits per heavy atom. The highest BCUT2D eigenvalue weighted by Gasteiger charge is 2.00. The minimum atomic E-state index is -0.301. The van der Waals surface area contributed by atoms with Crippen LogP contribution in [0.15, 0.2) is 12.3 Å².